The van der Waals surface area contributed by atoms with Gasteiger partial charge in [0.05, 0.1) is 5.92 Å². The number of fused-ring (bicyclic) bond motifs is 6. The molecule has 23 heavy (non-hydrogen) atoms. The Balaban J connectivity index is 1.66. The summed E-state index contributed by atoms with van der Waals surface area (Å²) in [4.78, 5) is 12.7. The molecule has 1 aromatic carbocycles. The first-order valence-corrected chi connectivity index (χ1v) is 8.81. The van der Waals surface area contributed by atoms with Gasteiger partial charge in [-0.05, 0) is 54.9 Å². The van der Waals surface area contributed by atoms with E-state index in [0.717, 1.165) is 32.1 Å². The van der Waals surface area contributed by atoms with Crippen LogP contribution in [0.4, 0.5) is 0 Å². The minimum Gasteiger partial charge on any atom is -0.508 e. The molecular weight excluding hydrogens is 288 g/mol. The fourth-order valence-corrected chi connectivity index (χ4v) is 6.30. The molecule has 4 aliphatic rings. The van der Waals surface area contributed by atoms with E-state index in [-0.39, 0.29) is 23.4 Å². The molecule has 3 nitrogen and oxygen atoms in total. The van der Waals surface area contributed by atoms with E-state index < -0.39 is 0 Å². The van der Waals surface area contributed by atoms with Crippen molar-refractivity contribution < 1.29 is 14.6 Å². The van der Waals surface area contributed by atoms with Gasteiger partial charge in [-0.15, -0.1) is 6.58 Å². The molecule has 2 saturated carbocycles. The number of rotatable bonds is 1. The van der Waals surface area contributed by atoms with Gasteiger partial charge in [0, 0.05) is 24.2 Å². The van der Waals surface area contributed by atoms with Crippen molar-refractivity contribution in [3.63, 3.8) is 0 Å². The molecule has 1 heterocycles. The van der Waals surface area contributed by atoms with E-state index in [0.29, 0.717) is 23.5 Å². The van der Waals surface area contributed by atoms with Crippen LogP contribution in [0.2, 0.25) is 0 Å². The summed E-state index contributed by atoms with van der Waals surface area (Å²) in [6, 6.07) is 5.69. The molecule has 3 fully saturated rings. The van der Waals surface area contributed by atoms with Crippen LogP contribution in [-0.2, 0) is 16.0 Å². The standard InChI is InChI=1S/C20H22O3/c1-2-12-5-8-17-14-7-4-11-3-6-13(21)9-15(11)18(14)16-10-20(12,17)23-19(16)22/h2-3,6,9,12,14,16-18,21H,1,4-5,7-8,10H2/t12-,14+,16-,17+,18+,20-/m1/s1. The lowest BCUT2D eigenvalue weighted by atomic mass is 9.56. The van der Waals surface area contributed by atoms with Crippen LogP contribution in [-0.4, -0.2) is 16.7 Å². The number of hydrogen-bond donors (Lipinski definition) is 1. The smallest absolute Gasteiger partial charge is 0.310 e. The number of phenols is 1. The minimum atomic E-state index is -0.279. The van der Waals surface area contributed by atoms with Gasteiger partial charge >= 0.3 is 5.97 Å². The second kappa shape index (κ2) is 4.40. The zero-order valence-corrected chi connectivity index (χ0v) is 13.2. The molecule has 0 unspecified atom stereocenters. The fourth-order valence-electron chi connectivity index (χ4n) is 6.30. The van der Waals surface area contributed by atoms with Crippen LogP contribution in [0.25, 0.3) is 0 Å². The lowest BCUT2D eigenvalue weighted by Gasteiger charge is -2.47. The fraction of sp³-hybridized carbons (Fsp3) is 0.550. The quantitative estimate of drug-likeness (QED) is 0.637. The van der Waals surface area contributed by atoms with Crippen LogP contribution in [0, 0.1) is 23.7 Å². The molecule has 1 saturated heterocycles. The number of phenolic OH excluding ortho intramolecular Hbond substituents is 1. The van der Waals surface area contributed by atoms with Crippen molar-refractivity contribution in [2.75, 3.05) is 0 Å². The molecule has 0 aromatic heterocycles. The topological polar surface area (TPSA) is 46.5 Å². The van der Waals surface area contributed by atoms with E-state index in [1.807, 2.05) is 18.2 Å². The van der Waals surface area contributed by atoms with Crippen LogP contribution in [0.5, 0.6) is 5.75 Å². The van der Waals surface area contributed by atoms with Gasteiger partial charge in [-0.2, -0.15) is 0 Å². The highest BCUT2D eigenvalue weighted by Gasteiger charge is 2.67. The Kier molecular flexibility index (Phi) is 2.61. The summed E-state index contributed by atoms with van der Waals surface area (Å²) in [5.41, 5.74) is 2.22. The van der Waals surface area contributed by atoms with E-state index in [1.165, 1.54) is 11.1 Å². The number of carbonyl (C=O) groups is 1. The SMILES string of the molecule is C=C[C@@H]1CC[C@H]2[C@@H]3CCc4ccc(O)cc4[C@H]3[C@H]3C[C@@]12OC3=O. The maximum atomic E-state index is 12.7. The van der Waals surface area contributed by atoms with Gasteiger partial charge in [0.2, 0.25) is 0 Å². The van der Waals surface area contributed by atoms with Gasteiger partial charge in [0.1, 0.15) is 11.4 Å². The normalized spacial score (nSPS) is 43.3. The van der Waals surface area contributed by atoms with E-state index in [2.05, 4.69) is 6.58 Å². The summed E-state index contributed by atoms with van der Waals surface area (Å²) >= 11 is 0. The maximum absolute atomic E-state index is 12.7. The lowest BCUT2D eigenvalue weighted by Crippen LogP contribution is -2.48. The van der Waals surface area contributed by atoms with E-state index in [4.69, 9.17) is 4.74 Å². The van der Waals surface area contributed by atoms with Gasteiger partial charge < -0.3 is 9.84 Å². The summed E-state index contributed by atoms with van der Waals surface area (Å²) in [6.45, 7) is 4.00. The summed E-state index contributed by atoms with van der Waals surface area (Å²) in [7, 11) is 0. The predicted molar refractivity (Wildman–Crippen MR) is 86.0 cm³/mol. The van der Waals surface area contributed by atoms with Crippen LogP contribution < -0.4 is 0 Å². The van der Waals surface area contributed by atoms with Gasteiger partial charge in [0.15, 0.2) is 0 Å². The van der Waals surface area contributed by atoms with E-state index in [1.54, 1.807) is 6.07 Å². The average molecular weight is 310 g/mol. The van der Waals surface area contributed by atoms with Crippen LogP contribution in [0.3, 0.4) is 0 Å². The first-order valence-electron chi connectivity index (χ1n) is 8.81. The Hall–Kier alpha value is -1.77. The second-order valence-corrected chi connectivity index (χ2v) is 7.82. The number of hydrogen-bond acceptors (Lipinski definition) is 3. The average Bonchev–Trinajstić information content (AvgIpc) is 3.05. The van der Waals surface area contributed by atoms with Crippen LogP contribution in [0.1, 0.15) is 42.7 Å². The number of carbonyl (C=O) groups excluding carboxylic acids is 1. The molecule has 1 aromatic rings. The second-order valence-electron chi connectivity index (χ2n) is 7.82. The van der Waals surface area contributed by atoms with Crippen molar-refractivity contribution >= 4 is 5.97 Å². The third-order valence-corrected chi connectivity index (χ3v) is 7.11. The lowest BCUT2D eigenvalue weighted by molar-refractivity contribution is -0.154. The van der Waals surface area contributed by atoms with Crippen molar-refractivity contribution in [1.82, 2.24) is 0 Å². The number of esters is 1. The highest BCUT2D eigenvalue weighted by Crippen LogP contribution is 2.65. The third kappa shape index (κ3) is 1.58. The first kappa shape index (κ1) is 13.6. The molecule has 3 heteroatoms. The molecular formula is C20H22O3. The maximum Gasteiger partial charge on any atom is 0.310 e. The third-order valence-electron chi connectivity index (χ3n) is 7.11. The van der Waals surface area contributed by atoms with Gasteiger partial charge in [-0.1, -0.05) is 12.1 Å². The van der Waals surface area contributed by atoms with Crippen molar-refractivity contribution in [2.45, 2.75) is 43.6 Å². The number of ether oxygens (including phenoxy) is 1. The molecule has 1 spiro atoms. The summed E-state index contributed by atoms with van der Waals surface area (Å²) in [5, 5.41) is 9.95. The van der Waals surface area contributed by atoms with Crippen molar-refractivity contribution in [3.05, 3.63) is 42.0 Å². The minimum absolute atomic E-state index is 0.0209. The van der Waals surface area contributed by atoms with Crippen LogP contribution >= 0.6 is 0 Å². The first-order chi connectivity index (χ1) is 11.1. The zero-order chi connectivity index (χ0) is 15.8. The molecule has 2 bridgehead atoms. The highest BCUT2D eigenvalue weighted by molar-refractivity contribution is 5.78. The Bertz CT molecular complexity index is 709. The zero-order valence-electron chi connectivity index (χ0n) is 13.2. The van der Waals surface area contributed by atoms with Crippen molar-refractivity contribution in [3.8, 4) is 5.75 Å². The Morgan fingerprint density at radius 1 is 1.30 bits per heavy atom. The van der Waals surface area contributed by atoms with Crippen molar-refractivity contribution in [2.24, 2.45) is 23.7 Å². The Morgan fingerprint density at radius 3 is 3.00 bits per heavy atom. The van der Waals surface area contributed by atoms with Gasteiger partial charge in [0.25, 0.3) is 0 Å². The van der Waals surface area contributed by atoms with E-state index in [9.17, 15) is 9.90 Å². The molecule has 6 atom stereocenters. The summed E-state index contributed by atoms with van der Waals surface area (Å²) in [5.74, 6) is 1.73. The molecule has 3 aliphatic carbocycles. The predicted octanol–water partition coefficient (Wildman–Crippen LogP) is 3.57. The monoisotopic (exact) mass is 310 g/mol. The summed E-state index contributed by atoms with van der Waals surface area (Å²) in [6.07, 6.45) is 7.24. The Morgan fingerprint density at radius 2 is 2.17 bits per heavy atom. The van der Waals surface area contributed by atoms with E-state index >= 15 is 0 Å². The van der Waals surface area contributed by atoms with Gasteiger partial charge in [-0.3, -0.25) is 4.79 Å². The molecule has 120 valence electrons. The molecule has 1 aliphatic heterocycles. The van der Waals surface area contributed by atoms with Crippen molar-refractivity contribution in [1.29, 1.82) is 0 Å². The Labute approximate surface area is 136 Å². The molecule has 1 N–H and O–H groups in total. The number of aromatic hydroxyl groups is 1. The number of benzene rings is 1. The highest BCUT2D eigenvalue weighted by atomic mass is 16.6. The largest absolute Gasteiger partial charge is 0.508 e. The summed E-state index contributed by atoms with van der Waals surface area (Å²) < 4.78 is 6.06. The molecule has 0 radical (unpaired) electrons. The molecule has 5 rings (SSSR count). The number of aryl methyl sites for hydroxylation is 1. The molecule has 0 amide bonds. The van der Waals surface area contributed by atoms with Gasteiger partial charge in [-0.25, -0.2) is 0 Å². The van der Waals surface area contributed by atoms with Crippen LogP contribution in [0.15, 0.2) is 30.9 Å².